The number of nitrogens with one attached hydrogen (secondary N) is 1. The number of thiazole rings is 1. The predicted molar refractivity (Wildman–Crippen MR) is 158 cm³/mol. The average Bonchev–Trinajstić information content (AvgIpc) is 3.37. The Morgan fingerprint density at radius 3 is 2.49 bits per heavy atom. The molecule has 0 unspecified atom stereocenters. The first-order valence-corrected chi connectivity index (χ1v) is 16.0. The van der Waals surface area contributed by atoms with Gasteiger partial charge in [0.1, 0.15) is 5.75 Å². The number of hydrogen-bond acceptors (Lipinski definition) is 8. The maximum Gasteiger partial charge on any atom is 0.251 e. The lowest BCUT2D eigenvalue weighted by atomic mass is 10.2. The molecule has 11 heteroatoms. The summed E-state index contributed by atoms with van der Waals surface area (Å²) in [6.45, 7) is 12.3. The van der Waals surface area contributed by atoms with Crippen molar-refractivity contribution in [2.24, 2.45) is 0 Å². The van der Waals surface area contributed by atoms with Crippen LogP contribution in [0.3, 0.4) is 0 Å². The van der Waals surface area contributed by atoms with Gasteiger partial charge in [0.2, 0.25) is 10.0 Å². The lowest BCUT2D eigenvalue weighted by molar-refractivity contribution is 0.0947. The van der Waals surface area contributed by atoms with Crippen LogP contribution in [0.2, 0.25) is 0 Å². The summed E-state index contributed by atoms with van der Waals surface area (Å²) in [6.07, 6.45) is 1.75. The molecule has 0 spiro atoms. The summed E-state index contributed by atoms with van der Waals surface area (Å²) in [7, 11) is -3.55. The van der Waals surface area contributed by atoms with E-state index in [0.717, 1.165) is 66.7 Å². The van der Waals surface area contributed by atoms with Crippen molar-refractivity contribution in [3.05, 3.63) is 48.0 Å². The number of rotatable bonds is 13. The lowest BCUT2D eigenvalue weighted by Crippen LogP contribution is -2.48. The van der Waals surface area contributed by atoms with Gasteiger partial charge in [-0.2, -0.15) is 4.31 Å². The van der Waals surface area contributed by atoms with Crippen LogP contribution in [0.1, 0.15) is 44.0 Å². The highest BCUT2D eigenvalue weighted by atomic mass is 32.2. The van der Waals surface area contributed by atoms with E-state index < -0.39 is 10.0 Å². The number of benzene rings is 2. The first kappa shape index (κ1) is 29.3. The highest BCUT2D eigenvalue weighted by Crippen LogP contribution is 2.32. The van der Waals surface area contributed by atoms with Crippen LogP contribution in [0.25, 0.3) is 10.2 Å². The third-order valence-electron chi connectivity index (χ3n) is 6.88. The number of anilines is 1. The van der Waals surface area contributed by atoms with Crippen molar-refractivity contribution in [3.63, 3.8) is 0 Å². The summed E-state index contributed by atoms with van der Waals surface area (Å²) in [5.41, 5.74) is 1.45. The van der Waals surface area contributed by atoms with Crippen molar-refractivity contribution >= 4 is 42.6 Å². The van der Waals surface area contributed by atoms with Crippen LogP contribution < -0.4 is 15.0 Å². The van der Waals surface area contributed by atoms with Crippen molar-refractivity contribution in [1.82, 2.24) is 19.5 Å². The molecule has 39 heavy (non-hydrogen) atoms. The van der Waals surface area contributed by atoms with Crippen LogP contribution in [-0.2, 0) is 10.0 Å². The number of unbranched alkanes of at least 4 members (excludes halogenated alkanes) is 1. The second-order valence-electron chi connectivity index (χ2n) is 9.52. The summed E-state index contributed by atoms with van der Waals surface area (Å²) in [5, 5.41) is 4.00. The molecule has 0 saturated carbocycles. The van der Waals surface area contributed by atoms with Crippen LogP contribution in [0, 0.1) is 0 Å². The van der Waals surface area contributed by atoms with Crippen molar-refractivity contribution in [2.45, 2.75) is 38.5 Å². The molecule has 2 aromatic carbocycles. The molecule has 0 atom stereocenters. The number of carbonyl (C=O) groups excluding carboxylic acids is 1. The molecule has 3 aromatic rings. The fraction of sp³-hybridized carbons (Fsp3) is 0.500. The van der Waals surface area contributed by atoms with E-state index in [4.69, 9.17) is 9.72 Å². The summed E-state index contributed by atoms with van der Waals surface area (Å²) >= 11 is 1.69. The van der Waals surface area contributed by atoms with E-state index in [-0.39, 0.29) is 10.8 Å². The van der Waals surface area contributed by atoms with Crippen LogP contribution >= 0.6 is 11.3 Å². The predicted octanol–water partition coefficient (Wildman–Crippen LogP) is 4.06. The number of sulfonamides is 1. The molecule has 1 aliphatic rings. The van der Waals surface area contributed by atoms with Crippen LogP contribution in [-0.4, -0.2) is 87.5 Å². The molecular weight excluding hydrogens is 534 g/mol. The van der Waals surface area contributed by atoms with Gasteiger partial charge in [0, 0.05) is 57.9 Å². The molecule has 9 nitrogen and oxygen atoms in total. The summed E-state index contributed by atoms with van der Waals surface area (Å²) in [4.78, 5) is 22.3. The standard InChI is InChI=1S/C28H39N5O4S2/c1-4-7-15-33(5-2)39(35,36)24-11-8-22(9-12-24)27(34)29-14-16-31-17-19-32(20-18-31)28-30-25-13-10-23(37-6-3)21-26(25)38-28/h8-13,21H,4-7,14-20H2,1-3H3,(H,29,34). The van der Waals surface area contributed by atoms with E-state index in [0.29, 0.717) is 31.8 Å². The van der Waals surface area contributed by atoms with Crippen molar-refractivity contribution in [1.29, 1.82) is 0 Å². The van der Waals surface area contributed by atoms with Gasteiger partial charge in [-0.25, -0.2) is 13.4 Å². The first-order chi connectivity index (χ1) is 18.8. The second-order valence-corrected chi connectivity index (χ2v) is 12.5. The minimum absolute atomic E-state index is 0.197. The number of nitrogens with zero attached hydrogens (tertiary/aromatic N) is 4. The Bertz CT molecular complexity index is 1340. The molecule has 1 fully saturated rings. The normalized spacial score (nSPS) is 14.7. The zero-order valence-corrected chi connectivity index (χ0v) is 24.7. The quantitative estimate of drug-likeness (QED) is 0.330. The Morgan fingerprint density at radius 1 is 1.08 bits per heavy atom. The molecule has 0 radical (unpaired) electrons. The Hall–Kier alpha value is -2.73. The van der Waals surface area contributed by atoms with E-state index in [9.17, 15) is 13.2 Å². The molecule has 0 aliphatic carbocycles. The van der Waals surface area contributed by atoms with Gasteiger partial charge in [-0.1, -0.05) is 31.6 Å². The Labute approximate surface area is 235 Å². The number of carbonyl (C=O) groups is 1. The molecule has 1 aliphatic heterocycles. The number of ether oxygens (including phenoxy) is 1. The zero-order valence-electron chi connectivity index (χ0n) is 23.1. The van der Waals surface area contributed by atoms with E-state index in [2.05, 4.69) is 21.2 Å². The van der Waals surface area contributed by atoms with Crippen LogP contribution in [0.15, 0.2) is 47.4 Å². The van der Waals surface area contributed by atoms with Gasteiger partial charge in [-0.05, 0) is 55.8 Å². The van der Waals surface area contributed by atoms with Gasteiger partial charge < -0.3 is 15.0 Å². The fourth-order valence-electron chi connectivity index (χ4n) is 4.59. The minimum atomic E-state index is -3.55. The summed E-state index contributed by atoms with van der Waals surface area (Å²) in [6, 6.07) is 12.3. The average molecular weight is 574 g/mol. The molecular formula is C28H39N5O4S2. The molecule has 1 aromatic heterocycles. The molecule has 4 rings (SSSR count). The summed E-state index contributed by atoms with van der Waals surface area (Å²) < 4.78 is 34.0. The number of amides is 1. The van der Waals surface area contributed by atoms with E-state index in [1.165, 1.54) is 16.4 Å². The number of aromatic nitrogens is 1. The van der Waals surface area contributed by atoms with Gasteiger partial charge >= 0.3 is 0 Å². The van der Waals surface area contributed by atoms with Gasteiger partial charge in [-0.15, -0.1) is 0 Å². The molecule has 2 heterocycles. The van der Waals surface area contributed by atoms with Gasteiger partial charge in [0.15, 0.2) is 5.13 Å². The highest BCUT2D eigenvalue weighted by molar-refractivity contribution is 7.89. The third kappa shape index (κ3) is 7.27. The monoisotopic (exact) mass is 573 g/mol. The second kappa shape index (κ2) is 13.6. The van der Waals surface area contributed by atoms with Gasteiger partial charge in [0.25, 0.3) is 5.91 Å². The molecule has 1 amide bonds. The lowest BCUT2D eigenvalue weighted by Gasteiger charge is -2.34. The van der Waals surface area contributed by atoms with Crippen molar-refractivity contribution in [2.75, 3.05) is 63.9 Å². The van der Waals surface area contributed by atoms with Gasteiger partial charge in [0.05, 0.1) is 21.7 Å². The number of hydrogen-bond donors (Lipinski definition) is 1. The number of piperazine rings is 1. The maximum atomic E-state index is 12.9. The van der Waals surface area contributed by atoms with Crippen LogP contribution in [0.4, 0.5) is 5.13 Å². The Morgan fingerprint density at radius 2 is 1.82 bits per heavy atom. The topological polar surface area (TPSA) is 95.1 Å². The van der Waals surface area contributed by atoms with Crippen LogP contribution in [0.5, 0.6) is 5.75 Å². The number of fused-ring (bicyclic) bond motifs is 1. The van der Waals surface area contributed by atoms with Crippen molar-refractivity contribution in [3.8, 4) is 5.75 Å². The Kier molecular flexibility index (Phi) is 10.2. The zero-order chi connectivity index (χ0) is 27.8. The highest BCUT2D eigenvalue weighted by Gasteiger charge is 2.23. The third-order valence-corrected chi connectivity index (χ3v) is 9.95. The molecule has 1 saturated heterocycles. The largest absolute Gasteiger partial charge is 0.494 e. The SMILES string of the molecule is CCCCN(CC)S(=O)(=O)c1ccc(C(=O)NCCN2CCN(c3nc4ccc(OCC)cc4s3)CC2)cc1. The first-order valence-electron chi connectivity index (χ1n) is 13.7. The Balaban J connectivity index is 1.23. The van der Waals surface area contributed by atoms with Crippen molar-refractivity contribution < 1.29 is 17.9 Å². The summed E-state index contributed by atoms with van der Waals surface area (Å²) in [5.74, 6) is 0.676. The smallest absolute Gasteiger partial charge is 0.251 e. The maximum absolute atomic E-state index is 12.9. The van der Waals surface area contributed by atoms with E-state index in [1.807, 2.05) is 32.9 Å². The van der Waals surface area contributed by atoms with E-state index in [1.54, 1.807) is 23.5 Å². The molecule has 1 N–H and O–H groups in total. The van der Waals surface area contributed by atoms with E-state index >= 15 is 0 Å². The molecule has 0 bridgehead atoms. The van der Waals surface area contributed by atoms with Gasteiger partial charge in [-0.3, -0.25) is 9.69 Å². The molecule has 212 valence electrons. The minimum Gasteiger partial charge on any atom is -0.494 e. The fourth-order valence-corrected chi connectivity index (χ4v) is 7.12.